The minimum atomic E-state index is 0.405. The summed E-state index contributed by atoms with van der Waals surface area (Å²) in [6.45, 7) is 13.2. The molecule has 0 aliphatic carbocycles. The van der Waals surface area contributed by atoms with Crippen molar-refractivity contribution >= 4 is 0 Å². The van der Waals surface area contributed by atoms with Crippen LogP contribution < -0.4 is 5.32 Å². The molecule has 104 valence electrons. The van der Waals surface area contributed by atoms with Crippen molar-refractivity contribution in [3.8, 4) is 0 Å². The summed E-state index contributed by atoms with van der Waals surface area (Å²) in [5, 5.41) is 8.11. The molecular weight excluding hydrogens is 222 g/mol. The van der Waals surface area contributed by atoms with Crippen molar-refractivity contribution in [1.82, 2.24) is 15.1 Å². The third kappa shape index (κ3) is 5.21. The van der Waals surface area contributed by atoms with Gasteiger partial charge in [-0.2, -0.15) is 5.10 Å². The van der Waals surface area contributed by atoms with E-state index in [9.17, 15) is 0 Å². The molecule has 0 bridgehead atoms. The molecule has 0 atom stereocenters. The molecule has 1 N–H and O–H groups in total. The number of hydrogen-bond acceptors (Lipinski definition) is 2. The molecular formula is C15H29N3. The molecule has 1 heterocycles. The molecule has 0 aliphatic rings. The topological polar surface area (TPSA) is 29.9 Å². The van der Waals surface area contributed by atoms with Gasteiger partial charge in [-0.1, -0.05) is 34.6 Å². The van der Waals surface area contributed by atoms with Crippen LogP contribution in [-0.2, 0) is 6.54 Å². The molecule has 0 saturated heterocycles. The van der Waals surface area contributed by atoms with Crippen molar-refractivity contribution in [2.45, 2.75) is 66.5 Å². The fourth-order valence-corrected chi connectivity index (χ4v) is 2.02. The monoisotopic (exact) mass is 251 g/mol. The van der Waals surface area contributed by atoms with E-state index in [0.29, 0.717) is 11.5 Å². The third-order valence-corrected chi connectivity index (χ3v) is 3.34. The molecule has 0 fully saturated rings. The van der Waals surface area contributed by atoms with E-state index in [1.165, 1.54) is 6.42 Å². The first-order valence-corrected chi connectivity index (χ1v) is 7.21. The molecule has 3 heteroatoms. The smallest absolute Gasteiger partial charge is 0.0762 e. The normalized spacial score (nSPS) is 12.3. The van der Waals surface area contributed by atoms with Crippen molar-refractivity contribution in [3.63, 3.8) is 0 Å². The van der Waals surface area contributed by atoms with Crippen molar-refractivity contribution in [2.24, 2.45) is 5.41 Å². The van der Waals surface area contributed by atoms with Gasteiger partial charge >= 0.3 is 0 Å². The number of hydrogen-bond donors (Lipinski definition) is 1. The van der Waals surface area contributed by atoms with Gasteiger partial charge in [0.2, 0.25) is 0 Å². The zero-order valence-corrected chi connectivity index (χ0v) is 12.7. The number of nitrogens with zero attached hydrogens (tertiary/aromatic N) is 2. The fraction of sp³-hybridized carbons (Fsp3) is 0.800. The van der Waals surface area contributed by atoms with Crippen LogP contribution in [0, 0.1) is 5.41 Å². The quantitative estimate of drug-likeness (QED) is 0.748. The average Bonchev–Trinajstić information content (AvgIpc) is 2.74. The summed E-state index contributed by atoms with van der Waals surface area (Å²) in [6.07, 6.45) is 5.60. The Morgan fingerprint density at radius 3 is 2.50 bits per heavy atom. The molecule has 0 aromatic carbocycles. The van der Waals surface area contributed by atoms with Gasteiger partial charge in [-0.05, 0) is 37.3 Å². The highest BCUT2D eigenvalue weighted by Gasteiger charge is 2.10. The van der Waals surface area contributed by atoms with Crippen molar-refractivity contribution in [1.29, 1.82) is 0 Å². The molecule has 0 aliphatic heterocycles. The molecule has 3 nitrogen and oxygen atoms in total. The summed E-state index contributed by atoms with van der Waals surface area (Å²) in [4.78, 5) is 0. The zero-order valence-electron chi connectivity index (χ0n) is 12.7. The minimum absolute atomic E-state index is 0.405. The summed E-state index contributed by atoms with van der Waals surface area (Å²) in [7, 11) is 0. The molecule has 1 aromatic rings. The highest BCUT2D eigenvalue weighted by Crippen LogP contribution is 2.17. The van der Waals surface area contributed by atoms with Crippen molar-refractivity contribution in [3.05, 3.63) is 18.0 Å². The molecule has 18 heavy (non-hydrogen) atoms. The van der Waals surface area contributed by atoms with Crippen LogP contribution in [0.2, 0.25) is 0 Å². The van der Waals surface area contributed by atoms with Gasteiger partial charge in [0.1, 0.15) is 0 Å². The van der Waals surface area contributed by atoms with E-state index in [1.54, 1.807) is 0 Å². The first kappa shape index (κ1) is 15.2. The van der Waals surface area contributed by atoms with Crippen LogP contribution >= 0.6 is 0 Å². The lowest BCUT2D eigenvalue weighted by Gasteiger charge is -2.17. The standard InChI is InChI=1S/C15H29N3/c1-6-14(7-2)18-11-8-13(17-18)12-16-10-9-15(3,4)5/h8,11,14,16H,6-7,9-10,12H2,1-5H3. The molecule has 0 amide bonds. The predicted octanol–water partition coefficient (Wildman–Crippen LogP) is 3.77. The maximum atomic E-state index is 4.64. The predicted molar refractivity (Wildman–Crippen MR) is 77.6 cm³/mol. The van der Waals surface area contributed by atoms with Crippen LogP contribution in [0.3, 0.4) is 0 Å². The lowest BCUT2D eigenvalue weighted by Crippen LogP contribution is -2.20. The lowest BCUT2D eigenvalue weighted by molar-refractivity contribution is 0.365. The Kier molecular flexibility index (Phi) is 5.86. The average molecular weight is 251 g/mol. The summed E-state index contributed by atoms with van der Waals surface area (Å²) < 4.78 is 2.11. The van der Waals surface area contributed by atoms with Gasteiger partial charge in [0.15, 0.2) is 0 Å². The Labute approximate surface area is 112 Å². The van der Waals surface area contributed by atoms with Gasteiger partial charge in [0.25, 0.3) is 0 Å². The number of aromatic nitrogens is 2. The van der Waals surface area contributed by atoms with Crippen molar-refractivity contribution < 1.29 is 0 Å². The molecule has 1 rings (SSSR count). The lowest BCUT2D eigenvalue weighted by atomic mass is 9.92. The van der Waals surface area contributed by atoms with E-state index in [1.807, 2.05) is 0 Å². The molecule has 0 unspecified atom stereocenters. The Hall–Kier alpha value is -0.830. The van der Waals surface area contributed by atoms with E-state index in [-0.39, 0.29) is 0 Å². The van der Waals surface area contributed by atoms with Gasteiger partial charge in [-0.15, -0.1) is 0 Å². The maximum Gasteiger partial charge on any atom is 0.0762 e. The number of nitrogens with one attached hydrogen (secondary N) is 1. The first-order valence-electron chi connectivity index (χ1n) is 7.21. The minimum Gasteiger partial charge on any atom is -0.311 e. The molecule has 0 radical (unpaired) electrons. The second-order valence-corrected chi connectivity index (χ2v) is 6.24. The first-order chi connectivity index (χ1) is 8.46. The Morgan fingerprint density at radius 1 is 1.28 bits per heavy atom. The van der Waals surface area contributed by atoms with Crippen LogP contribution in [0.25, 0.3) is 0 Å². The number of rotatable bonds is 7. The Bertz CT molecular complexity index is 332. The summed E-state index contributed by atoms with van der Waals surface area (Å²) >= 11 is 0. The maximum absolute atomic E-state index is 4.64. The van der Waals surface area contributed by atoms with E-state index < -0.39 is 0 Å². The Balaban J connectivity index is 2.35. The summed E-state index contributed by atoms with van der Waals surface area (Å²) in [6, 6.07) is 2.68. The highest BCUT2D eigenvalue weighted by molar-refractivity contribution is 4.99. The summed E-state index contributed by atoms with van der Waals surface area (Å²) in [5.74, 6) is 0. The molecule has 0 spiro atoms. The SMILES string of the molecule is CCC(CC)n1ccc(CNCCC(C)(C)C)n1. The largest absolute Gasteiger partial charge is 0.311 e. The van der Waals surface area contributed by atoms with Crippen LogP contribution in [0.15, 0.2) is 12.3 Å². The van der Waals surface area contributed by atoms with Crippen LogP contribution in [0.4, 0.5) is 0 Å². The molecule has 1 aromatic heterocycles. The second-order valence-electron chi connectivity index (χ2n) is 6.24. The van der Waals surface area contributed by atoms with E-state index in [4.69, 9.17) is 0 Å². The summed E-state index contributed by atoms with van der Waals surface area (Å²) in [5.41, 5.74) is 1.55. The van der Waals surface area contributed by atoms with Gasteiger partial charge in [0.05, 0.1) is 11.7 Å². The highest BCUT2D eigenvalue weighted by atomic mass is 15.3. The van der Waals surface area contributed by atoms with Crippen LogP contribution in [0.1, 0.15) is 65.6 Å². The van der Waals surface area contributed by atoms with E-state index >= 15 is 0 Å². The zero-order chi connectivity index (χ0) is 13.6. The van der Waals surface area contributed by atoms with Crippen molar-refractivity contribution in [2.75, 3.05) is 6.54 Å². The molecule has 0 saturated carbocycles. The third-order valence-electron chi connectivity index (χ3n) is 3.34. The fourth-order valence-electron chi connectivity index (χ4n) is 2.02. The second kappa shape index (κ2) is 6.93. The van der Waals surface area contributed by atoms with E-state index in [0.717, 1.165) is 31.6 Å². The van der Waals surface area contributed by atoms with Gasteiger partial charge in [-0.3, -0.25) is 4.68 Å². The van der Waals surface area contributed by atoms with Gasteiger partial charge in [0, 0.05) is 12.7 Å². The van der Waals surface area contributed by atoms with Crippen LogP contribution in [-0.4, -0.2) is 16.3 Å². The Morgan fingerprint density at radius 2 is 1.94 bits per heavy atom. The van der Waals surface area contributed by atoms with Gasteiger partial charge in [-0.25, -0.2) is 0 Å². The van der Waals surface area contributed by atoms with Crippen LogP contribution in [0.5, 0.6) is 0 Å². The van der Waals surface area contributed by atoms with Gasteiger partial charge < -0.3 is 5.32 Å². The van der Waals surface area contributed by atoms with E-state index in [2.05, 4.69) is 62.0 Å².